The summed E-state index contributed by atoms with van der Waals surface area (Å²) in [5.74, 6) is 0. The molecule has 4 aliphatic rings. The van der Waals surface area contributed by atoms with E-state index in [0.29, 0.717) is 0 Å². The van der Waals surface area contributed by atoms with Crippen molar-refractivity contribution in [3.05, 3.63) is 0 Å². The van der Waals surface area contributed by atoms with Gasteiger partial charge in [-0.25, -0.2) is 0 Å². The van der Waals surface area contributed by atoms with Gasteiger partial charge < -0.3 is 105 Å². The topological polar surface area (TPSA) is 348 Å². The Morgan fingerprint density at radius 3 is 1.02 bits per heavy atom. The number of hydrogen-bond donors (Lipinski definition) is 14. The van der Waals surface area contributed by atoms with Crippen LogP contribution in [0.15, 0.2) is 0 Å². The number of hydrogen-bond acceptors (Lipinski definition) is 21. The predicted octanol–water partition coefficient (Wildman–Crippen LogP) is -9.75. The largest absolute Gasteiger partial charge is 0.394 e. The lowest BCUT2D eigenvalue weighted by Crippen LogP contribution is -2.67. The van der Waals surface area contributed by atoms with E-state index in [0.717, 1.165) is 0 Å². The van der Waals surface area contributed by atoms with Crippen LogP contribution in [0.5, 0.6) is 0 Å². The molecule has 0 aromatic carbocycles. The van der Waals surface area contributed by atoms with Crippen LogP contribution in [0.3, 0.4) is 0 Å². The van der Waals surface area contributed by atoms with Gasteiger partial charge in [-0.2, -0.15) is 0 Å². The molecule has 45 heavy (non-hydrogen) atoms. The molecule has 0 spiro atoms. The lowest BCUT2D eigenvalue weighted by atomic mass is 9.95. The maximum atomic E-state index is 10.9. The molecule has 21 heteroatoms. The lowest BCUT2D eigenvalue weighted by molar-refractivity contribution is -0.387. The minimum atomic E-state index is -2.02. The third-order valence-corrected chi connectivity index (χ3v) is 8.20. The zero-order valence-electron chi connectivity index (χ0n) is 23.5. The van der Waals surface area contributed by atoms with E-state index >= 15 is 0 Å². The highest BCUT2D eigenvalue weighted by molar-refractivity contribution is 4.97. The second-order valence-corrected chi connectivity index (χ2v) is 11.1. The first-order chi connectivity index (χ1) is 21.3. The molecule has 4 saturated heterocycles. The van der Waals surface area contributed by atoms with Crippen LogP contribution in [0.4, 0.5) is 0 Å². The average Bonchev–Trinajstić information content (AvgIpc) is 3.03. The Balaban J connectivity index is 1.43. The van der Waals surface area contributed by atoms with Gasteiger partial charge in [-0.1, -0.05) is 0 Å². The molecule has 4 heterocycles. The molecule has 21 nitrogen and oxygen atoms in total. The third-order valence-electron chi connectivity index (χ3n) is 8.20. The summed E-state index contributed by atoms with van der Waals surface area (Å²) < 4.78 is 37.7. The molecular weight excluding hydrogens is 624 g/mol. The summed E-state index contributed by atoms with van der Waals surface area (Å²) in [5, 5.41) is 142. The van der Waals surface area contributed by atoms with E-state index in [9.17, 15) is 71.5 Å². The first-order valence-corrected chi connectivity index (χ1v) is 14.1. The number of ether oxygens (including phenoxy) is 7. The Morgan fingerprint density at radius 2 is 0.644 bits per heavy atom. The van der Waals surface area contributed by atoms with E-state index in [1.54, 1.807) is 0 Å². The molecular formula is C24H42O21. The van der Waals surface area contributed by atoms with Gasteiger partial charge in [0.2, 0.25) is 0 Å². The maximum Gasteiger partial charge on any atom is 0.187 e. The van der Waals surface area contributed by atoms with Gasteiger partial charge in [0.05, 0.1) is 26.4 Å². The first-order valence-electron chi connectivity index (χ1n) is 14.1. The van der Waals surface area contributed by atoms with Crippen LogP contribution in [0, 0.1) is 0 Å². The molecule has 0 aromatic heterocycles. The van der Waals surface area contributed by atoms with Crippen molar-refractivity contribution in [1.82, 2.24) is 0 Å². The second kappa shape index (κ2) is 15.6. The molecule has 4 fully saturated rings. The Bertz CT molecular complexity index is 910. The smallest absolute Gasteiger partial charge is 0.187 e. The van der Waals surface area contributed by atoms with Crippen molar-refractivity contribution in [3.63, 3.8) is 0 Å². The average molecular weight is 667 g/mol. The van der Waals surface area contributed by atoms with E-state index in [1.807, 2.05) is 0 Å². The predicted molar refractivity (Wildman–Crippen MR) is 134 cm³/mol. The van der Waals surface area contributed by atoms with Crippen molar-refractivity contribution in [3.8, 4) is 0 Å². The summed E-state index contributed by atoms with van der Waals surface area (Å²) in [5.41, 5.74) is 0. The summed E-state index contributed by atoms with van der Waals surface area (Å²) in [7, 11) is 0. The minimum Gasteiger partial charge on any atom is -0.394 e. The Morgan fingerprint density at radius 1 is 0.333 bits per heavy atom. The fourth-order valence-corrected chi connectivity index (χ4v) is 5.55. The summed E-state index contributed by atoms with van der Waals surface area (Å²) in [6.07, 6.45) is -35.3. The van der Waals surface area contributed by atoms with Crippen molar-refractivity contribution in [2.24, 2.45) is 0 Å². The third kappa shape index (κ3) is 7.44. The van der Waals surface area contributed by atoms with Crippen molar-refractivity contribution < 1.29 is 105 Å². The highest BCUT2D eigenvalue weighted by Crippen LogP contribution is 2.34. The zero-order chi connectivity index (χ0) is 33.3. The van der Waals surface area contributed by atoms with Crippen LogP contribution in [-0.4, -0.2) is 221 Å². The molecule has 0 aromatic rings. The Kier molecular flexibility index (Phi) is 12.8. The standard InChI is InChI=1S/C24H42O21/c25-1-5-9(29)10(30)15(35)22(40-5)44-19-7(3-27)42-24(17(37)12(19)32)45-20-8(4-28)41-23(16(36)13(20)33)43-18-6(2-26)39-21(38)14(34)11(18)31/h5-38H,1-4H2/t5-,6+,7-,8+,9-,10+,11+,12-,13+,14+,15-,16-,17-,18+,19-,20+,21?,22+,23+,24+/m0/s1. The van der Waals surface area contributed by atoms with Gasteiger partial charge in [-0.15, -0.1) is 0 Å². The summed E-state index contributed by atoms with van der Waals surface area (Å²) in [4.78, 5) is 0. The Labute approximate surface area is 254 Å². The zero-order valence-corrected chi connectivity index (χ0v) is 23.5. The highest BCUT2D eigenvalue weighted by Gasteiger charge is 2.55. The van der Waals surface area contributed by atoms with Crippen LogP contribution in [0.25, 0.3) is 0 Å². The second-order valence-electron chi connectivity index (χ2n) is 11.1. The lowest BCUT2D eigenvalue weighted by Gasteiger charge is -2.49. The van der Waals surface area contributed by atoms with Crippen LogP contribution >= 0.6 is 0 Å². The van der Waals surface area contributed by atoms with Crippen molar-refractivity contribution in [2.45, 2.75) is 123 Å². The SMILES string of the molecule is OC[C@@H]1O[C@H](O[C@@H]2[C@@H](O)[C@H](O)[C@@H](O[C@H]3[C@H](O)[C@H](O)[C@@H](O[C@H]4[C@H](O)[C@@H](O)C(O)O[C@@H]4CO)O[C@@H]3CO)O[C@H]2CO)[C@@H](O)[C@H](O)[C@H]1O. The molecule has 20 atom stereocenters. The normalized spacial score (nSPS) is 52.9. The summed E-state index contributed by atoms with van der Waals surface area (Å²) in [6.45, 7) is -3.39. The molecule has 0 saturated carbocycles. The molecule has 0 bridgehead atoms. The molecule has 14 N–H and O–H groups in total. The fraction of sp³-hybridized carbons (Fsp3) is 1.00. The van der Waals surface area contributed by atoms with E-state index in [-0.39, 0.29) is 0 Å². The van der Waals surface area contributed by atoms with Crippen LogP contribution < -0.4 is 0 Å². The van der Waals surface area contributed by atoms with Gasteiger partial charge in [-0.3, -0.25) is 0 Å². The van der Waals surface area contributed by atoms with Crippen molar-refractivity contribution in [2.75, 3.05) is 26.4 Å². The monoisotopic (exact) mass is 666 g/mol. The fourth-order valence-electron chi connectivity index (χ4n) is 5.55. The molecule has 4 aliphatic heterocycles. The van der Waals surface area contributed by atoms with Gasteiger partial charge in [0.1, 0.15) is 97.7 Å². The summed E-state index contributed by atoms with van der Waals surface area (Å²) >= 11 is 0. The van der Waals surface area contributed by atoms with E-state index in [2.05, 4.69) is 0 Å². The van der Waals surface area contributed by atoms with Crippen molar-refractivity contribution in [1.29, 1.82) is 0 Å². The van der Waals surface area contributed by atoms with Gasteiger partial charge in [0.25, 0.3) is 0 Å². The van der Waals surface area contributed by atoms with Crippen molar-refractivity contribution >= 4 is 0 Å². The van der Waals surface area contributed by atoms with Gasteiger partial charge in [0.15, 0.2) is 25.2 Å². The van der Waals surface area contributed by atoms with Gasteiger partial charge in [0, 0.05) is 0 Å². The molecule has 0 aliphatic carbocycles. The van der Waals surface area contributed by atoms with E-state index in [1.165, 1.54) is 0 Å². The maximum absolute atomic E-state index is 10.9. The number of rotatable bonds is 10. The minimum absolute atomic E-state index is 0.784. The van der Waals surface area contributed by atoms with Crippen LogP contribution in [0.1, 0.15) is 0 Å². The Hall–Kier alpha value is -0.840. The highest BCUT2D eigenvalue weighted by atomic mass is 16.8. The van der Waals surface area contributed by atoms with Gasteiger partial charge >= 0.3 is 0 Å². The quantitative estimate of drug-likeness (QED) is 0.103. The number of aliphatic hydroxyl groups is 14. The molecule has 4 rings (SSSR count). The molecule has 0 radical (unpaired) electrons. The van der Waals surface area contributed by atoms with Gasteiger partial charge in [-0.05, 0) is 0 Å². The van der Waals surface area contributed by atoms with E-state index < -0.39 is 149 Å². The molecule has 1 unspecified atom stereocenters. The van der Waals surface area contributed by atoms with Crippen LogP contribution in [0.2, 0.25) is 0 Å². The van der Waals surface area contributed by atoms with E-state index in [4.69, 9.17) is 33.2 Å². The van der Waals surface area contributed by atoms with Crippen LogP contribution in [-0.2, 0) is 33.2 Å². The molecule has 0 amide bonds. The molecule has 264 valence electrons. The first kappa shape index (κ1) is 37.0. The number of aliphatic hydroxyl groups excluding tert-OH is 14. The summed E-state index contributed by atoms with van der Waals surface area (Å²) in [6, 6.07) is 0.